The molecule has 2 aromatic heterocycles. The Morgan fingerprint density at radius 1 is 1.50 bits per heavy atom. The Bertz CT molecular complexity index is 621. The highest BCUT2D eigenvalue weighted by atomic mass is 35.5. The van der Waals surface area contributed by atoms with Gasteiger partial charge in [-0.05, 0) is 12.1 Å². The predicted molar refractivity (Wildman–Crippen MR) is 57.8 cm³/mol. The molecule has 6 heteroatoms. The van der Waals surface area contributed by atoms with Crippen molar-refractivity contribution in [1.82, 2.24) is 9.38 Å². The van der Waals surface area contributed by atoms with E-state index in [1.54, 1.807) is 12.1 Å². The molecular formula is C10H7ClN2O3. The summed E-state index contributed by atoms with van der Waals surface area (Å²) >= 11 is 5.74. The molecule has 0 aliphatic rings. The molecule has 82 valence electrons. The second kappa shape index (κ2) is 3.94. The van der Waals surface area contributed by atoms with E-state index < -0.39 is 5.97 Å². The number of aromatic nitrogens is 2. The van der Waals surface area contributed by atoms with Crippen LogP contribution in [0.1, 0.15) is 10.5 Å². The van der Waals surface area contributed by atoms with E-state index in [4.69, 9.17) is 11.6 Å². The molecule has 16 heavy (non-hydrogen) atoms. The maximum atomic E-state index is 11.6. The fraction of sp³-hybridized carbons (Fsp3) is 0.100. The van der Waals surface area contributed by atoms with Crippen molar-refractivity contribution < 1.29 is 9.53 Å². The summed E-state index contributed by atoms with van der Waals surface area (Å²) in [4.78, 5) is 26.8. The molecule has 0 aromatic carbocycles. The van der Waals surface area contributed by atoms with Gasteiger partial charge in [0.15, 0.2) is 5.69 Å². The summed E-state index contributed by atoms with van der Waals surface area (Å²) in [7, 11) is 1.23. The van der Waals surface area contributed by atoms with E-state index in [2.05, 4.69) is 9.72 Å². The van der Waals surface area contributed by atoms with Crippen molar-refractivity contribution in [1.29, 1.82) is 0 Å². The lowest BCUT2D eigenvalue weighted by molar-refractivity contribution is 0.0594. The highest BCUT2D eigenvalue weighted by Gasteiger charge is 2.10. The van der Waals surface area contributed by atoms with Crippen LogP contribution in [0.3, 0.4) is 0 Å². The molecule has 2 rings (SSSR count). The molecule has 0 saturated heterocycles. The second-order valence-corrected chi connectivity index (χ2v) is 3.48. The number of methoxy groups -OCH3 is 1. The van der Waals surface area contributed by atoms with Gasteiger partial charge in [0.2, 0.25) is 0 Å². The molecule has 0 fully saturated rings. The first-order chi connectivity index (χ1) is 7.61. The fourth-order valence-electron chi connectivity index (χ4n) is 1.29. The number of pyridine rings is 1. The molecule has 5 nitrogen and oxygen atoms in total. The third-order valence-electron chi connectivity index (χ3n) is 2.02. The zero-order chi connectivity index (χ0) is 11.7. The average Bonchev–Trinajstić information content (AvgIpc) is 2.28. The maximum absolute atomic E-state index is 11.6. The SMILES string of the molecule is COC(=O)c1cc(=O)n2cc(Cl)ccc2n1. The van der Waals surface area contributed by atoms with Gasteiger partial charge < -0.3 is 4.74 Å². The van der Waals surface area contributed by atoms with Crippen molar-refractivity contribution in [3.05, 3.63) is 45.5 Å². The Morgan fingerprint density at radius 3 is 2.94 bits per heavy atom. The molecule has 0 unspecified atom stereocenters. The molecule has 2 heterocycles. The topological polar surface area (TPSA) is 60.7 Å². The van der Waals surface area contributed by atoms with Gasteiger partial charge in [-0.2, -0.15) is 0 Å². The standard InChI is InChI=1S/C10H7ClN2O3/c1-16-10(15)7-4-9(14)13-5-6(11)2-3-8(13)12-7/h2-5H,1H3. The van der Waals surface area contributed by atoms with E-state index in [1.165, 1.54) is 17.7 Å². The number of esters is 1. The van der Waals surface area contributed by atoms with Crippen LogP contribution < -0.4 is 5.56 Å². The first-order valence-electron chi connectivity index (χ1n) is 4.39. The number of nitrogens with zero attached hydrogens (tertiary/aromatic N) is 2. The number of rotatable bonds is 1. The van der Waals surface area contributed by atoms with Gasteiger partial charge in [-0.25, -0.2) is 9.78 Å². The Morgan fingerprint density at radius 2 is 2.25 bits per heavy atom. The minimum absolute atomic E-state index is 0.0187. The normalized spacial score (nSPS) is 10.4. The quantitative estimate of drug-likeness (QED) is 0.699. The molecule has 0 N–H and O–H groups in total. The number of hydrogen-bond donors (Lipinski definition) is 0. The van der Waals surface area contributed by atoms with Crippen LogP contribution in [0.2, 0.25) is 5.02 Å². The minimum Gasteiger partial charge on any atom is -0.464 e. The van der Waals surface area contributed by atoms with Crippen LogP contribution in [0, 0.1) is 0 Å². The molecule has 0 bridgehead atoms. The van der Waals surface area contributed by atoms with E-state index in [9.17, 15) is 9.59 Å². The van der Waals surface area contributed by atoms with Crippen molar-refractivity contribution in [2.45, 2.75) is 0 Å². The largest absolute Gasteiger partial charge is 0.464 e. The number of halogens is 1. The summed E-state index contributed by atoms with van der Waals surface area (Å²) in [6, 6.07) is 4.25. The fourth-order valence-corrected chi connectivity index (χ4v) is 1.45. The van der Waals surface area contributed by atoms with Crippen molar-refractivity contribution in [3.63, 3.8) is 0 Å². The Balaban J connectivity index is 2.73. The summed E-state index contributed by atoms with van der Waals surface area (Å²) in [6.07, 6.45) is 1.44. The third kappa shape index (κ3) is 1.77. The smallest absolute Gasteiger partial charge is 0.356 e. The monoisotopic (exact) mass is 238 g/mol. The van der Waals surface area contributed by atoms with Gasteiger partial charge in [0, 0.05) is 12.3 Å². The Kier molecular flexibility index (Phi) is 2.62. The van der Waals surface area contributed by atoms with Crippen LogP contribution in [-0.2, 0) is 4.74 Å². The van der Waals surface area contributed by atoms with E-state index in [1.807, 2.05) is 0 Å². The van der Waals surface area contributed by atoms with E-state index in [-0.39, 0.29) is 11.3 Å². The van der Waals surface area contributed by atoms with Crippen molar-refractivity contribution in [2.75, 3.05) is 7.11 Å². The molecule has 2 aromatic rings. The van der Waals surface area contributed by atoms with Gasteiger partial charge in [0.05, 0.1) is 12.1 Å². The summed E-state index contributed by atoms with van der Waals surface area (Å²) < 4.78 is 5.75. The van der Waals surface area contributed by atoms with Crippen LogP contribution >= 0.6 is 11.6 Å². The van der Waals surface area contributed by atoms with Gasteiger partial charge in [-0.1, -0.05) is 11.6 Å². The van der Waals surface area contributed by atoms with Gasteiger partial charge >= 0.3 is 5.97 Å². The summed E-state index contributed by atoms with van der Waals surface area (Å²) in [6.45, 7) is 0. The minimum atomic E-state index is -0.644. The highest BCUT2D eigenvalue weighted by Crippen LogP contribution is 2.08. The molecule has 0 amide bonds. The molecule has 0 aliphatic carbocycles. The van der Waals surface area contributed by atoms with E-state index in [0.717, 1.165) is 6.07 Å². The number of carbonyl (C=O) groups is 1. The van der Waals surface area contributed by atoms with Crippen LogP contribution in [-0.4, -0.2) is 22.5 Å². The van der Waals surface area contributed by atoms with Crippen LogP contribution in [0.15, 0.2) is 29.2 Å². The molecule has 0 aliphatic heterocycles. The van der Waals surface area contributed by atoms with Crippen LogP contribution in [0.5, 0.6) is 0 Å². The highest BCUT2D eigenvalue weighted by molar-refractivity contribution is 6.30. The molecule has 0 radical (unpaired) electrons. The predicted octanol–water partition coefficient (Wildman–Crippen LogP) is 1.13. The van der Waals surface area contributed by atoms with Crippen molar-refractivity contribution in [2.24, 2.45) is 0 Å². The van der Waals surface area contributed by atoms with E-state index >= 15 is 0 Å². The lowest BCUT2D eigenvalue weighted by atomic mass is 10.4. The molecule has 0 spiro atoms. The number of fused-ring (bicyclic) bond motifs is 1. The summed E-state index contributed by atoms with van der Waals surface area (Å²) in [5.41, 5.74) is -0.0555. The summed E-state index contributed by atoms with van der Waals surface area (Å²) in [5.74, 6) is -0.644. The molecular weight excluding hydrogens is 232 g/mol. The van der Waals surface area contributed by atoms with Crippen LogP contribution in [0.4, 0.5) is 0 Å². The summed E-state index contributed by atoms with van der Waals surface area (Å²) in [5, 5.41) is 0.419. The maximum Gasteiger partial charge on any atom is 0.356 e. The first-order valence-corrected chi connectivity index (χ1v) is 4.77. The van der Waals surface area contributed by atoms with Crippen molar-refractivity contribution >= 4 is 23.2 Å². The number of hydrogen-bond acceptors (Lipinski definition) is 4. The number of carbonyl (C=O) groups excluding carboxylic acids is 1. The van der Waals surface area contributed by atoms with Gasteiger partial charge in [-0.15, -0.1) is 0 Å². The second-order valence-electron chi connectivity index (χ2n) is 3.05. The van der Waals surface area contributed by atoms with E-state index in [0.29, 0.717) is 10.7 Å². The zero-order valence-corrected chi connectivity index (χ0v) is 9.06. The average molecular weight is 239 g/mol. The van der Waals surface area contributed by atoms with Crippen molar-refractivity contribution in [3.8, 4) is 0 Å². The number of ether oxygens (including phenoxy) is 1. The lowest BCUT2D eigenvalue weighted by Gasteiger charge is -2.02. The lowest BCUT2D eigenvalue weighted by Crippen LogP contribution is -2.18. The molecule has 0 saturated carbocycles. The zero-order valence-electron chi connectivity index (χ0n) is 8.31. The van der Waals surface area contributed by atoms with Gasteiger partial charge in [0.1, 0.15) is 5.65 Å². The third-order valence-corrected chi connectivity index (χ3v) is 2.24. The van der Waals surface area contributed by atoms with Crippen LogP contribution in [0.25, 0.3) is 5.65 Å². The van der Waals surface area contributed by atoms with Gasteiger partial charge in [-0.3, -0.25) is 9.20 Å². The molecule has 0 atom stereocenters. The first kappa shape index (κ1) is 10.6. The Labute approximate surface area is 95.2 Å². The Hall–Kier alpha value is -1.88. The van der Waals surface area contributed by atoms with Gasteiger partial charge in [0.25, 0.3) is 5.56 Å².